The molecular formula is C25H44O4Si. The second-order valence-electron chi connectivity index (χ2n) is 9.92. The second-order valence-corrected chi connectivity index (χ2v) is 14.7. The summed E-state index contributed by atoms with van der Waals surface area (Å²) in [6.07, 6.45) is 1.31. The van der Waals surface area contributed by atoms with Gasteiger partial charge in [0.2, 0.25) is 0 Å². The van der Waals surface area contributed by atoms with Crippen molar-refractivity contribution < 1.29 is 18.7 Å². The standard InChI is InChI=1S/C25H44O4Si/c1-11-22(26)18(3)24(28-17-20-13-15-21(27-8)16-14-20)19(4)23(12-2)29-30(9,10)25(5,6)7/h13-16,18-19,23-24H,11-12,17H2,1-10H3/t18-,19-,23+,24+/m0/s1. The molecule has 0 saturated heterocycles. The molecule has 0 fully saturated rings. The van der Waals surface area contributed by atoms with E-state index < -0.39 is 8.32 Å². The summed E-state index contributed by atoms with van der Waals surface area (Å²) < 4.78 is 18.4. The Bertz CT molecular complexity index is 648. The summed E-state index contributed by atoms with van der Waals surface area (Å²) in [6, 6.07) is 7.90. The molecule has 0 aliphatic heterocycles. The first kappa shape index (κ1) is 26.9. The van der Waals surface area contributed by atoms with Gasteiger partial charge < -0.3 is 13.9 Å². The summed E-state index contributed by atoms with van der Waals surface area (Å²) in [6.45, 7) is 20.1. The summed E-state index contributed by atoms with van der Waals surface area (Å²) >= 11 is 0. The molecule has 0 saturated carbocycles. The minimum absolute atomic E-state index is 0.0684. The number of ether oxygens (including phenoxy) is 2. The van der Waals surface area contributed by atoms with E-state index in [9.17, 15) is 4.79 Å². The maximum Gasteiger partial charge on any atom is 0.192 e. The van der Waals surface area contributed by atoms with Gasteiger partial charge in [0.15, 0.2) is 8.32 Å². The van der Waals surface area contributed by atoms with Gasteiger partial charge in [-0.25, -0.2) is 0 Å². The molecule has 0 amide bonds. The van der Waals surface area contributed by atoms with Gasteiger partial charge in [-0.15, -0.1) is 0 Å². The van der Waals surface area contributed by atoms with Gasteiger partial charge in [-0.3, -0.25) is 4.79 Å². The van der Waals surface area contributed by atoms with Crippen molar-refractivity contribution in [2.75, 3.05) is 7.11 Å². The summed E-state index contributed by atoms with van der Waals surface area (Å²) in [5.41, 5.74) is 1.07. The number of ketones is 1. The quantitative estimate of drug-likeness (QED) is 0.345. The highest BCUT2D eigenvalue weighted by Crippen LogP contribution is 2.39. The summed E-state index contributed by atoms with van der Waals surface area (Å²) in [5, 5.41) is 0.143. The minimum atomic E-state index is -1.92. The first-order valence-electron chi connectivity index (χ1n) is 11.3. The Labute approximate surface area is 185 Å². The third-order valence-corrected chi connectivity index (χ3v) is 11.2. The van der Waals surface area contributed by atoms with E-state index in [1.165, 1.54) is 0 Å². The molecule has 5 heteroatoms. The van der Waals surface area contributed by atoms with Crippen LogP contribution in [0.4, 0.5) is 0 Å². The Morgan fingerprint density at radius 3 is 2.07 bits per heavy atom. The average Bonchev–Trinajstić information content (AvgIpc) is 2.70. The van der Waals surface area contributed by atoms with Crippen molar-refractivity contribution in [3.8, 4) is 5.75 Å². The lowest BCUT2D eigenvalue weighted by Crippen LogP contribution is -2.48. The van der Waals surface area contributed by atoms with E-state index in [-0.39, 0.29) is 34.9 Å². The van der Waals surface area contributed by atoms with Gasteiger partial charge in [-0.05, 0) is 42.2 Å². The van der Waals surface area contributed by atoms with E-state index in [0.717, 1.165) is 17.7 Å². The van der Waals surface area contributed by atoms with Gasteiger partial charge in [0.1, 0.15) is 11.5 Å². The van der Waals surface area contributed by atoms with Crippen LogP contribution in [0.25, 0.3) is 0 Å². The molecule has 0 heterocycles. The Balaban J connectivity index is 3.04. The molecule has 0 radical (unpaired) electrons. The van der Waals surface area contributed by atoms with Crippen molar-refractivity contribution >= 4 is 14.1 Å². The third kappa shape index (κ3) is 7.21. The van der Waals surface area contributed by atoms with Crippen LogP contribution in [0, 0.1) is 11.8 Å². The van der Waals surface area contributed by atoms with E-state index in [4.69, 9.17) is 13.9 Å². The molecule has 0 aliphatic carbocycles. The molecule has 1 rings (SSSR count). The number of benzene rings is 1. The topological polar surface area (TPSA) is 44.8 Å². The molecule has 172 valence electrons. The molecule has 0 aliphatic rings. The Morgan fingerprint density at radius 1 is 1.07 bits per heavy atom. The summed E-state index contributed by atoms with van der Waals surface area (Å²) in [4.78, 5) is 12.6. The monoisotopic (exact) mass is 436 g/mol. The number of carbonyl (C=O) groups is 1. The van der Waals surface area contributed by atoms with Gasteiger partial charge in [0.25, 0.3) is 0 Å². The van der Waals surface area contributed by atoms with Crippen LogP contribution >= 0.6 is 0 Å². The van der Waals surface area contributed by atoms with E-state index >= 15 is 0 Å². The maximum atomic E-state index is 12.6. The molecule has 1 aromatic rings. The van der Waals surface area contributed by atoms with E-state index in [1.54, 1.807) is 7.11 Å². The fraction of sp³-hybridized carbons (Fsp3) is 0.720. The Hall–Kier alpha value is -1.17. The largest absolute Gasteiger partial charge is 0.497 e. The zero-order valence-electron chi connectivity index (χ0n) is 20.9. The van der Waals surface area contributed by atoms with Crippen LogP contribution in [0.2, 0.25) is 18.1 Å². The van der Waals surface area contributed by atoms with E-state index in [2.05, 4.69) is 47.7 Å². The van der Waals surface area contributed by atoms with Crippen LogP contribution in [0.3, 0.4) is 0 Å². The van der Waals surface area contributed by atoms with Crippen LogP contribution in [-0.4, -0.2) is 33.4 Å². The van der Waals surface area contributed by atoms with Gasteiger partial charge in [-0.1, -0.05) is 60.6 Å². The van der Waals surface area contributed by atoms with Crippen molar-refractivity contribution in [1.29, 1.82) is 0 Å². The highest BCUT2D eigenvalue weighted by molar-refractivity contribution is 6.74. The number of carbonyl (C=O) groups excluding carboxylic acids is 1. The predicted octanol–water partition coefficient (Wildman–Crippen LogP) is 6.63. The normalized spacial score (nSPS) is 16.6. The minimum Gasteiger partial charge on any atom is -0.497 e. The van der Waals surface area contributed by atoms with Crippen LogP contribution in [0.15, 0.2) is 24.3 Å². The second kappa shape index (κ2) is 11.4. The molecule has 0 N–H and O–H groups in total. The highest BCUT2D eigenvalue weighted by atomic mass is 28.4. The number of Topliss-reactive ketones (excluding diaryl/α,β-unsaturated/α-hetero) is 1. The molecule has 0 unspecified atom stereocenters. The van der Waals surface area contributed by atoms with Crippen LogP contribution in [0.5, 0.6) is 5.75 Å². The van der Waals surface area contributed by atoms with Gasteiger partial charge in [0.05, 0.1) is 19.8 Å². The zero-order chi connectivity index (χ0) is 23.1. The van der Waals surface area contributed by atoms with Crippen molar-refractivity contribution in [2.24, 2.45) is 11.8 Å². The molecule has 0 aromatic heterocycles. The first-order chi connectivity index (χ1) is 13.9. The summed E-state index contributed by atoms with van der Waals surface area (Å²) in [5.74, 6) is 1.02. The average molecular weight is 437 g/mol. The summed E-state index contributed by atoms with van der Waals surface area (Å²) in [7, 11) is -0.258. The Kier molecular flexibility index (Phi) is 10.2. The number of rotatable bonds is 12. The van der Waals surface area contributed by atoms with Crippen molar-refractivity contribution in [2.45, 2.75) is 98.3 Å². The van der Waals surface area contributed by atoms with Crippen LogP contribution < -0.4 is 4.74 Å². The SMILES string of the molecule is CCC(=O)[C@H](C)[C@@H](OCc1ccc(OC)cc1)[C@@H](C)[C@@H](CC)O[Si](C)(C)C(C)(C)C. The molecule has 0 bridgehead atoms. The molecule has 1 aromatic carbocycles. The van der Waals surface area contributed by atoms with Crippen molar-refractivity contribution in [3.05, 3.63) is 29.8 Å². The lowest BCUT2D eigenvalue weighted by Gasteiger charge is -2.42. The van der Waals surface area contributed by atoms with Crippen LogP contribution in [-0.2, 0) is 20.6 Å². The number of hydrogen-bond acceptors (Lipinski definition) is 4. The van der Waals surface area contributed by atoms with Gasteiger partial charge >= 0.3 is 0 Å². The molecule has 30 heavy (non-hydrogen) atoms. The number of hydrogen-bond donors (Lipinski definition) is 0. The Morgan fingerprint density at radius 2 is 1.63 bits per heavy atom. The maximum absolute atomic E-state index is 12.6. The fourth-order valence-corrected chi connectivity index (χ4v) is 4.99. The van der Waals surface area contributed by atoms with Gasteiger partial charge in [0, 0.05) is 24.4 Å². The van der Waals surface area contributed by atoms with Crippen LogP contribution in [0.1, 0.15) is 66.9 Å². The molecular weight excluding hydrogens is 392 g/mol. The number of methoxy groups -OCH3 is 1. The molecule has 4 nitrogen and oxygen atoms in total. The fourth-order valence-electron chi connectivity index (χ4n) is 3.50. The van der Waals surface area contributed by atoms with Gasteiger partial charge in [-0.2, -0.15) is 0 Å². The molecule has 0 spiro atoms. The highest BCUT2D eigenvalue weighted by Gasteiger charge is 2.42. The van der Waals surface area contributed by atoms with E-state index in [0.29, 0.717) is 13.0 Å². The van der Waals surface area contributed by atoms with E-state index in [1.807, 2.05) is 38.1 Å². The lowest BCUT2D eigenvalue weighted by molar-refractivity contribution is -0.132. The first-order valence-corrected chi connectivity index (χ1v) is 14.2. The van der Waals surface area contributed by atoms with Crippen molar-refractivity contribution in [3.63, 3.8) is 0 Å². The molecule has 4 atom stereocenters. The zero-order valence-corrected chi connectivity index (χ0v) is 21.9. The lowest BCUT2D eigenvalue weighted by atomic mass is 9.85. The predicted molar refractivity (Wildman–Crippen MR) is 128 cm³/mol. The smallest absolute Gasteiger partial charge is 0.192 e. The third-order valence-electron chi connectivity index (χ3n) is 6.71. The van der Waals surface area contributed by atoms with Crippen molar-refractivity contribution in [1.82, 2.24) is 0 Å².